The van der Waals surface area contributed by atoms with Crippen molar-refractivity contribution in [3.8, 4) is 0 Å². The second kappa shape index (κ2) is 2.58. The standard InChI is InChI=1S/C5H8S3/c1-3-4(2)8-5(6)7-3/h3-4H,1-2H3. The lowest BCUT2D eigenvalue weighted by Crippen LogP contribution is -2.04. The van der Waals surface area contributed by atoms with Crippen LogP contribution in [0.1, 0.15) is 13.8 Å². The molecule has 1 saturated heterocycles. The number of hydrogen-bond donors (Lipinski definition) is 0. The predicted molar refractivity (Wildman–Crippen MR) is 46.7 cm³/mol. The molecule has 0 radical (unpaired) electrons. The first kappa shape index (κ1) is 6.90. The van der Waals surface area contributed by atoms with Gasteiger partial charge in [0.25, 0.3) is 0 Å². The molecule has 2 unspecified atom stereocenters. The Morgan fingerprint density at radius 1 is 1.25 bits per heavy atom. The molecule has 0 amide bonds. The molecular formula is C5H8S3. The molecule has 0 saturated carbocycles. The average molecular weight is 164 g/mol. The van der Waals surface area contributed by atoms with Crippen LogP contribution in [-0.2, 0) is 0 Å². The molecule has 8 heavy (non-hydrogen) atoms. The predicted octanol–water partition coefficient (Wildman–Crippen LogP) is 2.53. The maximum absolute atomic E-state index is 5.00. The van der Waals surface area contributed by atoms with Gasteiger partial charge in [0.1, 0.15) is 3.53 Å². The fraction of sp³-hybridized carbons (Fsp3) is 0.800. The lowest BCUT2D eigenvalue weighted by atomic mass is 10.4. The van der Waals surface area contributed by atoms with E-state index in [1.54, 1.807) is 0 Å². The maximum Gasteiger partial charge on any atom is 0.104 e. The minimum Gasteiger partial charge on any atom is -0.103 e. The van der Waals surface area contributed by atoms with Gasteiger partial charge in [0.15, 0.2) is 0 Å². The van der Waals surface area contributed by atoms with Gasteiger partial charge in [0.05, 0.1) is 0 Å². The fourth-order valence-electron chi connectivity index (χ4n) is 0.523. The molecule has 0 aromatic rings. The minimum atomic E-state index is 0.729. The van der Waals surface area contributed by atoms with Crippen LogP contribution in [0.3, 0.4) is 0 Å². The second-order valence-electron chi connectivity index (χ2n) is 1.90. The third-order valence-electron chi connectivity index (χ3n) is 1.23. The Morgan fingerprint density at radius 2 is 1.62 bits per heavy atom. The van der Waals surface area contributed by atoms with E-state index in [9.17, 15) is 0 Å². The van der Waals surface area contributed by atoms with E-state index in [1.807, 2.05) is 23.5 Å². The molecule has 0 aliphatic carbocycles. The summed E-state index contributed by atoms with van der Waals surface area (Å²) in [6, 6.07) is 0. The third kappa shape index (κ3) is 1.39. The zero-order valence-electron chi connectivity index (χ0n) is 4.88. The molecule has 46 valence electrons. The quantitative estimate of drug-likeness (QED) is 0.505. The smallest absolute Gasteiger partial charge is 0.103 e. The Kier molecular flexibility index (Phi) is 2.23. The summed E-state index contributed by atoms with van der Waals surface area (Å²) in [4.78, 5) is 0. The topological polar surface area (TPSA) is 0 Å². The first-order valence-electron chi connectivity index (χ1n) is 2.57. The molecule has 2 atom stereocenters. The van der Waals surface area contributed by atoms with Gasteiger partial charge >= 0.3 is 0 Å². The third-order valence-corrected chi connectivity index (χ3v) is 4.50. The molecule has 1 fully saturated rings. The van der Waals surface area contributed by atoms with Gasteiger partial charge in [0, 0.05) is 10.5 Å². The van der Waals surface area contributed by atoms with Gasteiger partial charge in [-0.15, -0.1) is 23.5 Å². The van der Waals surface area contributed by atoms with Crippen molar-refractivity contribution in [1.82, 2.24) is 0 Å². The molecule has 1 aliphatic rings. The SMILES string of the molecule is CC1SC(=S)SC1C. The molecular weight excluding hydrogens is 156 g/mol. The summed E-state index contributed by atoms with van der Waals surface area (Å²) in [5.41, 5.74) is 0. The van der Waals surface area contributed by atoms with Gasteiger partial charge < -0.3 is 0 Å². The molecule has 1 rings (SSSR count). The van der Waals surface area contributed by atoms with Crippen molar-refractivity contribution < 1.29 is 0 Å². The second-order valence-corrected chi connectivity index (χ2v) is 5.85. The van der Waals surface area contributed by atoms with Crippen LogP contribution in [0.15, 0.2) is 0 Å². The Hall–Kier alpha value is 0.790. The van der Waals surface area contributed by atoms with Crippen molar-refractivity contribution in [2.45, 2.75) is 24.3 Å². The van der Waals surface area contributed by atoms with Crippen LogP contribution in [0.5, 0.6) is 0 Å². The van der Waals surface area contributed by atoms with E-state index in [0.29, 0.717) is 0 Å². The number of thioether (sulfide) groups is 2. The summed E-state index contributed by atoms with van der Waals surface area (Å²) in [7, 11) is 0. The summed E-state index contributed by atoms with van der Waals surface area (Å²) in [5.74, 6) is 0. The molecule has 1 heterocycles. The maximum atomic E-state index is 5.00. The molecule has 0 bridgehead atoms. The first-order valence-corrected chi connectivity index (χ1v) is 4.74. The van der Waals surface area contributed by atoms with Crippen LogP contribution in [0.25, 0.3) is 0 Å². The van der Waals surface area contributed by atoms with E-state index in [2.05, 4.69) is 13.8 Å². The van der Waals surface area contributed by atoms with Gasteiger partial charge in [-0.2, -0.15) is 0 Å². The summed E-state index contributed by atoms with van der Waals surface area (Å²) in [6.07, 6.45) is 0. The highest BCUT2D eigenvalue weighted by molar-refractivity contribution is 8.49. The Labute approximate surface area is 63.8 Å². The molecule has 0 spiro atoms. The summed E-state index contributed by atoms with van der Waals surface area (Å²) < 4.78 is 1.12. The van der Waals surface area contributed by atoms with Crippen molar-refractivity contribution in [1.29, 1.82) is 0 Å². The lowest BCUT2D eigenvalue weighted by Gasteiger charge is -2.01. The van der Waals surface area contributed by atoms with E-state index >= 15 is 0 Å². The zero-order chi connectivity index (χ0) is 6.15. The van der Waals surface area contributed by atoms with Gasteiger partial charge in [-0.1, -0.05) is 26.1 Å². The van der Waals surface area contributed by atoms with Crippen LogP contribution in [0.4, 0.5) is 0 Å². The molecule has 0 aromatic heterocycles. The highest BCUT2D eigenvalue weighted by atomic mass is 32.2. The monoisotopic (exact) mass is 164 g/mol. The van der Waals surface area contributed by atoms with Gasteiger partial charge in [0.2, 0.25) is 0 Å². The van der Waals surface area contributed by atoms with E-state index in [4.69, 9.17) is 12.2 Å². The highest BCUT2D eigenvalue weighted by Gasteiger charge is 2.24. The van der Waals surface area contributed by atoms with E-state index < -0.39 is 0 Å². The molecule has 0 aromatic carbocycles. The van der Waals surface area contributed by atoms with Crippen molar-refractivity contribution in [3.63, 3.8) is 0 Å². The Morgan fingerprint density at radius 3 is 1.75 bits per heavy atom. The Balaban J connectivity index is 2.51. The van der Waals surface area contributed by atoms with Crippen molar-refractivity contribution in [2.75, 3.05) is 0 Å². The van der Waals surface area contributed by atoms with Gasteiger partial charge in [-0.25, -0.2) is 0 Å². The summed E-state index contributed by atoms with van der Waals surface area (Å²) in [5, 5.41) is 1.46. The van der Waals surface area contributed by atoms with E-state index in [1.165, 1.54) is 0 Å². The number of thiocarbonyl (C=S) groups is 1. The molecule has 1 aliphatic heterocycles. The lowest BCUT2D eigenvalue weighted by molar-refractivity contribution is 0.941. The van der Waals surface area contributed by atoms with Crippen molar-refractivity contribution in [3.05, 3.63) is 0 Å². The fourth-order valence-corrected chi connectivity index (χ4v) is 3.89. The van der Waals surface area contributed by atoms with Crippen LogP contribution < -0.4 is 0 Å². The largest absolute Gasteiger partial charge is 0.104 e. The summed E-state index contributed by atoms with van der Waals surface area (Å²) >= 11 is 8.64. The molecule has 3 heteroatoms. The van der Waals surface area contributed by atoms with E-state index in [0.717, 1.165) is 14.0 Å². The number of hydrogen-bond acceptors (Lipinski definition) is 3. The Bertz CT molecular complexity index is 98.2. The van der Waals surface area contributed by atoms with Crippen LogP contribution in [0, 0.1) is 0 Å². The highest BCUT2D eigenvalue weighted by Crippen LogP contribution is 2.38. The van der Waals surface area contributed by atoms with Crippen LogP contribution >= 0.6 is 35.7 Å². The van der Waals surface area contributed by atoms with Crippen molar-refractivity contribution >= 4 is 39.3 Å². The average Bonchev–Trinajstić information content (AvgIpc) is 1.85. The normalized spacial score (nSPS) is 38.5. The van der Waals surface area contributed by atoms with Crippen LogP contribution in [0.2, 0.25) is 0 Å². The zero-order valence-corrected chi connectivity index (χ0v) is 7.33. The van der Waals surface area contributed by atoms with Crippen LogP contribution in [-0.4, -0.2) is 14.0 Å². The minimum absolute atomic E-state index is 0.729. The molecule has 0 N–H and O–H groups in total. The van der Waals surface area contributed by atoms with Gasteiger partial charge in [-0.05, 0) is 0 Å². The van der Waals surface area contributed by atoms with Gasteiger partial charge in [-0.3, -0.25) is 0 Å². The summed E-state index contributed by atoms with van der Waals surface area (Å²) in [6.45, 7) is 4.45. The van der Waals surface area contributed by atoms with Crippen molar-refractivity contribution in [2.24, 2.45) is 0 Å². The molecule has 0 nitrogen and oxygen atoms in total. The number of rotatable bonds is 0. The first-order chi connectivity index (χ1) is 3.70. The van der Waals surface area contributed by atoms with E-state index in [-0.39, 0.29) is 0 Å².